The van der Waals surface area contributed by atoms with Crippen LogP contribution in [0.1, 0.15) is 49.5 Å². The molecule has 166 valence electrons. The Bertz CT molecular complexity index is 1160. The zero-order valence-corrected chi connectivity index (χ0v) is 18.0. The zero-order valence-electron chi connectivity index (χ0n) is 17.3. The van der Waals surface area contributed by atoms with Gasteiger partial charge in [-0.1, -0.05) is 25.4 Å². The number of hydrogen-bond acceptors (Lipinski definition) is 4. The number of aromatic carboxylic acids is 1. The summed E-state index contributed by atoms with van der Waals surface area (Å²) in [4.78, 5) is 26.2. The van der Waals surface area contributed by atoms with Gasteiger partial charge in [0.05, 0.1) is 27.7 Å². The van der Waals surface area contributed by atoms with Crippen molar-refractivity contribution in [1.82, 2.24) is 9.88 Å². The zero-order chi connectivity index (χ0) is 22.2. The van der Waals surface area contributed by atoms with Crippen LogP contribution >= 0.6 is 11.6 Å². The van der Waals surface area contributed by atoms with Crippen molar-refractivity contribution >= 4 is 34.2 Å². The largest absolute Gasteiger partial charge is 0.477 e. The number of rotatable bonds is 5. The number of fused-ring (bicyclic) bond motifs is 1. The molecule has 3 fully saturated rings. The van der Waals surface area contributed by atoms with E-state index in [4.69, 9.17) is 11.6 Å². The Kier molecular flexibility index (Phi) is 4.61. The van der Waals surface area contributed by atoms with Crippen LogP contribution in [0.5, 0.6) is 0 Å². The van der Waals surface area contributed by atoms with Crippen LogP contribution in [0.15, 0.2) is 17.1 Å². The topological polar surface area (TPSA) is 74.6 Å². The maximum Gasteiger partial charge on any atom is 0.341 e. The highest BCUT2D eigenvalue weighted by Crippen LogP contribution is 2.55. The van der Waals surface area contributed by atoms with Gasteiger partial charge in [0.1, 0.15) is 17.6 Å². The maximum atomic E-state index is 15.3. The minimum Gasteiger partial charge on any atom is -0.477 e. The van der Waals surface area contributed by atoms with Crippen molar-refractivity contribution in [3.05, 3.63) is 38.9 Å². The number of carboxylic acids is 1. The highest BCUT2D eigenvalue weighted by Gasteiger charge is 2.55. The average molecular weight is 452 g/mol. The number of benzene rings is 1. The van der Waals surface area contributed by atoms with Gasteiger partial charge in [-0.05, 0) is 18.9 Å². The van der Waals surface area contributed by atoms with Gasteiger partial charge in [0.2, 0.25) is 5.43 Å². The van der Waals surface area contributed by atoms with E-state index in [0.29, 0.717) is 13.1 Å². The summed E-state index contributed by atoms with van der Waals surface area (Å²) in [6, 6.07) is 0.935. The summed E-state index contributed by atoms with van der Waals surface area (Å²) < 4.78 is 30.7. The molecule has 0 amide bonds. The predicted octanol–water partition coefficient (Wildman–Crippen LogP) is 3.74. The second-order valence-corrected chi connectivity index (χ2v) is 9.82. The second-order valence-electron chi connectivity index (χ2n) is 9.44. The maximum absolute atomic E-state index is 15.3. The number of hydrogen-bond donors (Lipinski definition) is 2. The molecule has 1 aromatic carbocycles. The first kappa shape index (κ1) is 20.7. The van der Waals surface area contributed by atoms with Crippen LogP contribution < -0.4 is 15.6 Å². The van der Waals surface area contributed by atoms with Crippen molar-refractivity contribution in [3.63, 3.8) is 0 Å². The van der Waals surface area contributed by atoms with Crippen LogP contribution in [0.3, 0.4) is 0 Å². The van der Waals surface area contributed by atoms with Crippen molar-refractivity contribution in [3.8, 4) is 0 Å². The van der Waals surface area contributed by atoms with Crippen molar-refractivity contribution in [2.75, 3.05) is 18.0 Å². The molecule has 3 atom stereocenters. The Balaban J connectivity index is 1.67. The SMILES string of the molecule is CC(C)NC1CN(c2c(F)cc3c(=O)c(C(=O)O)cn(C4CC4F)c3c2Cl)CC12CC2. The molecular formula is C22H24ClF2N3O3. The quantitative estimate of drug-likeness (QED) is 0.724. The van der Waals surface area contributed by atoms with E-state index in [2.05, 4.69) is 19.2 Å². The lowest BCUT2D eigenvalue weighted by atomic mass is 10.0. The molecule has 1 aromatic heterocycles. The number of aromatic nitrogens is 1. The van der Waals surface area contributed by atoms with Gasteiger partial charge < -0.3 is 19.9 Å². The second kappa shape index (κ2) is 6.90. The number of carboxylic acid groups (broad SMARTS) is 1. The smallest absolute Gasteiger partial charge is 0.341 e. The highest BCUT2D eigenvalue weighted by molar-refractivity contribution is 6.38. The van der Waals surface area contributed by atoms with Gasteiger partial charge >= 0.3 is 5.97 Å². The third-order valence-corrected chi connectivity index (χ3v) is 7.20. The molecule has 3 unspecified atom stereocenters. The fourth-order valence-electron chi connectivity index (χ4n) is 5.01. The van der Waals surface area contributed by atoms with Gasteiger partial charge in [0.15, 0.2) is 0 Å². The fourth-order valence-corrected chi connectivity index (χ4v) is 5.42. The molecule has 0 radical (unpaired) electrons. The van der Waals surface area contributed by atoms with Gasteiger partial charge in [0, 0.05) is 43.2 Å². The molecular weight excluding hydrogens is 428 g/mol. The molecule has 9 heteroatoms. The molecule has 5 rings (SSSR count). The van der Waals surface area contributed by atoms with E-state index in [-0.39, 0.29) is 45.5 Å². The Morgan fingerprint density at radius 2 is 2.06 bits per heavy atom. The molecule has 2 saturated carbocycles. The Hall–Kier alpha value is -2.19. The summed E-state index contributed by atoms with van der Waals surface area (Å²) >= 11 is 6.69. The van der Waals surface area contributed by atoms with Crippen molar-refractivity contribution in [2.24, 2.45) is 5.41 Å². The fraction of sp³-hybridized carbons (Fsp3) is 0.545. The lowest BCUT2D eigenvalue weighted by molar-refractivity contribution is 0.0694. The van der Waals surface area contributed by atoms with Crippen LogP contribution in [-0.4, -0.2) is 47.0 Å². The van der Waals surface area contributed by atoms with Crippen LogP contribution in [0, 0.1) is 11.2 Å². The van der Waals surface area contributed by atoms with E-state index < -0.39 is 35.0 Å². The van der Waals surface area contributed by atoms with Gasteiger partial charge in [0.25, 0.3) is 0 Å². The molecule has 0 bridgehead atoms. The van der Waals surface area contributed by atoms with Crippen LogP contribution in [0.25, 0.3) is 10.9 Å². The first-order valence-electron chi connectivity index (χ1n) is 10.6. The Morgan fingerprint density at radius 3 is 2.61 bits per heavy atom. The molecule has 2 heterocycles. The Morgan fingerprint density at radius 1 is 1.39 bits per heavy atom. The third kappa shape index (κ3) is 3.22. The number of pyridine rings is 1. The summed E-state index contributed by atoms with van der Waals surface area (Å²) in [5.74, 6) is -2.10. The van der Waals surface area contributed by atoms with Gasteiger partial charge in [-0.3, -0.25) is 4.79 Å². The molecule has 2 aromatic rings. The summed E-state index contributed by atoms with van der Waals surface area (Å²) in [6.45, 7) is 5.37. The number of halogens is 3. The molecule has 31 heavy (non-hydrogen) atoms. The summed E-state index contributed by atoms with van der Waals surface area (Å²) in [7, 11) is 0. The van der Waals surface area contributed by atoms with Gasteiger partial charge in [-0.25, -0.2) is 13.6 Å². The minimum atomic E-state index is -1.44. The molecule has 2 N–H and O–H groups in total. The summed E-state index contributed by atoms with van der Waals surface area (Å²) in [6.07, 6.45) is 2.30. The monoisotopic (exact) mass is 451 g/mol. The number of anilines is 1. The predicted molar refractivity (Wildman–Crippen MR) is 115 cm³/mol. The molecule has 6 nitrogen and oxygen atoms in total. The van der Waals surface area contributed by atoms with Crippen molar-refractivity contribution in [1.29, 1.82) is 0 Å². The van der Waals surface area contributed by atoms with Gasteiger partial charge in [-0.2, -0.15) is 0 Å². The van der Waals surface area contributed by atoms with Crippen molar-refractivity contribution < 1.29 is 18.7 Å². The van der Waals surface area contributed by atoms with E-state index >= 15 is 4.39 Å². The number of nitrogens with one attached hydrogen (secondary N) is 1. The van der Waals surface area contributed by atoms with Gasteiger partial charge in [-0.15, -0.1) is 0 Å². The van der Waals surface area contributed by atoms with Crippen LogP contribution in [-0.2, 0) is 0 Å². The molecule has 1 spiro atoms. The number of nitrogens with zero attached hydrogens (tertiary/aromatic N) is 2. The highest BCUT2D eigenvalue weighted by atomic mass is 35.5. The average Bonchev–Trinajstić information content (AvgIpc) is 3.57. The molecule has 3 aliphatic rings. The first-order valence-corrected chi connectivity index (χ1v) is 11.0. The van der Waals surface area contributed by atoms with E-state index in [9.17, 15) is 19.1 Å². The Labute approximate surface area is 182 Å². The standard InChI is InChI=1S/C22H24ClF2N3O3/c1-10(2)26-16-8-27(9-22(16)3-4-22)19-14(25)5-11-18(17(19)23)28(15-6-13(15)24)7-12(20(11)29)21(30)31/h5,7,10,13,15-16,26H,3-4,6,8-9H2,1-2H3,(H,30,31). The summed E-state index contributed by atoms with van der Waals surface area (Å²) in [5.41, 5.74) is -0.859. The lowest BCUT2D eigenvalue weighted by Gasteiger charge is -2.24. The van der Waals surface area contributed by atoms with Crippen LogP contribution in [0.2, 0.25) is 5.02 Å². The molecule has 1 aliphatic heterocycles. The van der Waals surface area contributed by atoms with Crippen molar-refractivity contribution in [2.45, 2.75) is 57.4 Å². The summed E-state index contributed by atoms with van der Waals surface area (Å²) in [5, 5.41) is 12.9. The number of carbonyl (C=O) groups is 1. The van der Waals surface area contributed by atoms with E-state index in [1.54, 1.807) is 0 Å². The number of alkyl halides is 1. The van der Waals surface area contributed by atoms with E-state index in [1.807, 2.05) is 4.90 Å². The minimum absolute atomic E-state index is 0.0316. The lowest BCUT2D eigenvalue weighted by Crippen LogP contribution is -2.41. The first-order chi connectivity index (χ1) is 14.6. The van der Waals surface area contributed by atoms with E-state index in [1.165, 1.54) is 4.57 Å². The third-order valence-electron chi connectivity index (χ3n) is 6.84. The normalized spacial score (nSPS) is 26.3. The van der Waals surface area contributed by atoms with Crippen LogP contribution in [0.4, 0.5) is 14.5 Å². The van der Waals surface area contributed by atoms with E-state index in [0.717, 1.165) is 25.1 Å². The molecule has 1 saturated heterocycles. The molecule has 2 aliphatic carbocycles.